The van der Waals surface area contributed by atoms with E-state index in [1.54, 1.807) is 19.2 Å². The summed E-state index contributed by atoms with van der Waals surface area (Å²) in [6.45, 7) is 3.55. The molecular formula is C26H28FN3O2. The summed E-state index contributed by atoms with van der Waals surface area (Å²) in [6.07, 6.45) is 1.48. The molecule has 5 nitrogen and oxygen atoms in total. The summed E-state index contributed by atoms with van der Waals surface area (Å²) in [4.78, 5) is 17.4. The summed E-state index contributed by atoms with van der Waals surface area (Å²) >= 11 is 0. The van der Waals surface area contributed by atoms with Crippen molar-refractivity contribution in [2.75, 3.05) is 31.8 Å². The number of likely N-dealkylation sites (tertiary alicyclic amines) is 1. The van der Waals surface area contributed by atoms with Gasteiger partial charge in [0, 0.05) is 32.4 Å². The average molecular weight is 434 g/mol. The van der Waals surface area contributed by atoms with Crippen LogP contribution in [0.2, 0.25) is 0 Å². The lowest BCUT2D eigenvalue weighted by Crippen LogP contribution is -2.56. The summed E-state index contributed by atoms with van der Waals surface area (Å²) in [5.74, 6) is -0.187. The fourth-order valence-corrected chi connectivity index (χ4v) is 5.28. The topological polar surface area (TPSA) is 44.8 Å². The summed E-state index contributed by atoms with van der Waals surface area (Å²) in [5.41, 5.74) is 2.81. The number of fused-ring (bicyclic) bond motifs is 1. The van der Waals surface area contributed by atoms with Crippen molar-refractivity contribution in [1.82, 2.24) is 10.2 Å². The number of hydrogen-bond acceptors (Lipinski definition) is 4. The van der Waals surface area contributed by atoms with Crippen LogP contribution in [0.3, 0.4) is 0 Å². The van der Waals surface area contributed by atoms with Crippen LogP contribution >= 0.6 is 0 Å². The molecule has 1 N–H and O–H groups in total. The molecule has 2 fully saturated rings. The number of piperidine rings is 1. The first-order valence-corrected chi connectivity index (χ1v) is 11.1. The number of nitrogens with one attached hydrogen (secondary N) is 1. The predicted octanol–water partition coefficient (Wildman–Crippen LogP) is 4.05. The monoisotopic (exact) mass is 433 g/mol. The van der Waals surface area contributed by atoms with Gasteiger partial charge in [0.1, 0.15) is 11.4 Å². The molecular weight excluding hydrogens is 405 g/mol. The minimum Gasteiger partial charge on any atom is -0.380 e. The number of halogens is 1. The highest BCUT2D eigenvalue weighted by Crippen LogP contribution is 2.37. The number of nitrogens with zero attached hydrogens (tertiary/aromatic N) is 2. The van der Waals surface area contributed by atoms with Crippen molar-refractivity contribution < 1.29 is 13.9 Å². The molecule has 0 saturated carbocycles. The van der Waals surface area contributed by atoms with Crippen LogP contribution < -0.4 is 10.2 Å². The first-order valence-electron chi connectivity index (χ1n) is 11.1. The van der Waals surface area contributed by atoms with E-state index in [2.05, 4.69) is 51.5 Å². The molecule has 6 heteroatoms. The van der Waals surface area contributed by atoms with Crippen LogP contribution in [-0.4, -0.2) is 43.2 Å². The number of carbonyl (C=O) groups excluding carboxylic acids is 1. The summed E-state index contributed by atoms with van der Waals surface area (Å²) < 4.78 is 18.8. The second kappa shape index (κ2) is 8.52. The van der Waals surface area contributed by atoms with Crippen LogP contribution in [0.15, 0.2) is 60.7 Å². The van der Waals surface area contributed by atoms with E-state index in [-0.39, 0.29) is 11.7 Å². The number of carbonyl (C=O) groups is 1. The van der Waals surface area contributed by atoms with Crippen molar-refractivity contribution in [2.24, 2.45) is 0 Å². The molecule has 3 aromatic rings. The second-order valence-electron chi connectivity index (χ2n) is 8.74. The molecule has 2 aliphatic heterocycles. The van der Waals surface area contributed by atoms with Crippen molar-refractivity contribution in [3.63, 3.8) is 0 Å². The van der Waals surface area contributed by atoms with E-state index in [1.165, 1.54) is 34.0 Å². The second-order valence-corrected chi connectivity index (χ2v) is 8.74. The molecule has 0 aromatic heterocycles. The third-order valence-electron chi connectivity index (χ3n) is 6.93. The molecule has 1 spiro atoms. The fourth-order valence-electron chi connectivity index (χ4n) is 5.28. The lowest BCUT2D eigenvalue weighted by Gasteiger charge is -2.43. The first kappa shape index (κ1) is 20.9. The molecule has 0 aliphatic carbocycles. The zero-order valence-electron chi connectivity index (χ0n) is 18.3. The van der Waals surface area contributed by atoms with Gasteiger partial charge in [-0.3, -0.25) is 9.69 Å². The Morgan fingerprint density at radius 2 is 1.69 bits per heavy atom. The van der Waals surface area contributed by atoms with E-state index < -0.39 is 5.54 Å². The summed E-state index contributed by atoms with van der Waals surface area (Å²) in [7, 11) is 1.73. The number of ether oxygens (including phenoxy) is 1. The van der Waals surface area contributed by atoms with Crippen LogP contribution in [0.4, 0.5) is 10.1 Å². The predicted molar refractivity (Wildman–Crippen MR) is 124 cm³/mol. The summed E-state index contributed by atoms with van der Waals surface area (Å²) in [5, 5.41) is 5.51. The maximum Gasteiger partial charge on any atom is 0.247 e. The van der Waals surface area contributed by atoms with Gasteiger partial charge in [-0.1, -0.05) is 36.4 Å². The molecule has 0 bridgehead atoms. The minimum atomic E-state index is -0.561. The lowest BCUT2D eigenvalue weighted by molar-refractivity contribution is -0.125. The van der Waals surface area contributed by atoms with Crippen molar-refractivity contribution in [3.05, 3.63) is 77.6 Å². The van der Waals surface area contributed by atoms with Gasteiger partial charge in [0.05, 0.1) is 13.3 Å². The molecule has 32 heavy (non-hydrogen) atoms. The fraction of sp³-hybridized carbons (Fsp3) is 0.346. The zero-order chi connectivity index (χ0) is 22.1. The van der Waals surface area contributed by atoms with Crippen molar-refractivity contribution in [3.8, 4) is 0 Å². The van der Waals surface area contributed by atoms with E-state index >= 15 is 0 Å². The molecule has 0 atom stereocenters. The Morgan fingerprint density at radius 3 is 2.38 bits per heavy atom. The van der Waals surface area contributed by atoms with E-state index in [1.807, 2.05) is 0 Å². The van der Waals surface area contributed by atoms with Crippen LogP contribution in [0.25, 0.3) is 10.8 Å². The van der Waals surface area contributed by atoms with Gasteiger partial charge in [-0.25, -0.2) is 4.39 Å². The highest BCUT2D eigenvalue weighted by atomic mass is 19.1. The lowest BCUT2D eigenvalue weighted by atomic mass is 9.85. The number of hydrogen-bond donors (Lipinski definition) is 1. The first-order chi connectivity index (χ1) is 15.6. The Morgan fingerprint density at radius 1 is 1.00 bits per heavy atom. The number of anilines is 1. The Hall–Kier alpha value is -2.96. The quantitative estimate of drug-likeness (QED) is 0.659. The third-order valence-corrected chi connectivity index (χ3v) is 6.93. The van der Waals surface area contributed by atoms with Gasteiger partial charge in [-0.2, -0.15) is 0 Å². The van der Waals surface area contributed by atoms with Gasteiger partial charge < -0.3 is 15.0 Å². The van der Waals surface area contributed by atoms with Crippen LogP contribution in [0.1, 0.15) is 24.0 Å². The van der Waals surface area contributed by atoms with Gasteiger partial charge in [-0.15, -0.1) is 0 Å². The van der Waals surface area contributed by atoms with E-state index in [0.29, 0.717) is 13.3 Å². The molecule has 2 aliphatic rings. The van der Waals surface area contributed by atoms with Crippen LogP contribution in [0, 0.1) is 5.82 Å². The highest BCUT2D eigenvalue weighted by molar-refractivity contribution is 5.93. The number of amides is 1. The smallest absolute Gasteiger partial charge is 0.247 e. The molecule has 2 saturated heterocycles. The zero-order valence-corrected chi connectivity index (χ0v) is 18.3. The van der Waals surface area contributed by atoms with Crippen LogP contribution in [-0.2, 0) is 22.7 Å². The Kier molecular flexibility index (Phi) is 5.57. The van der Waals surface area contributed by atoms with Crippen LogP contribution in [0.5, 0.6) is 0 Å². The van der Waals surface area contributed by atoms with Gasteiger partial charge in [0.15, 0.2) is 0 Å². The number of rotatable bonds is 5. The highest BCUT2D eigenvalue weighted by Gasteiger charge is 2.50. The Bertz CT molecular complexity index is 1120. The van der Waals surface area contributed by atoms with E-state index in [4.69, 9.17) is 4.74 Å². The molecule has 1 amide bonds. The van der Waals surface area contributed by atoms with Crippen molar-refractivity contribution in [2.45, 2.75) is 31.5 Å². The molecule has 0 radical (unpaired) electrons. The summed E-state index contributed by atoms with van der Waals surface area (Å²) in [6, 6.07) is 19.2. The number of benzene rings is 3. The van der Waals surface area contributed by atoms with Crippen molar-refractivity contribution in [1.29, 1.82) is 0 Å². The van der Waals surface area contributed by atoms with Gasteiger partial charge >= 0.3 is 0 Å². The van der Waals surface area contributed by atoms with E-state index in [0.717, 1.165) is 38.2 Å². The van der Waals surface area contributed by atoms with Gasteiger partial charge in [-0.05, 0) is 59.0 Å². The molecule has 3 aromatic carbocycles. The maximum atomic E-state index is 13.4. The van der Waals surface area contributed by atoms with Gasteiger partial charge in [0.25, 0.3) is 0 Å². The Labute approximate surface area is 187 Å². The van der Waals surface area contributed by atoms with Crippen molar-refractivity contribution >= 4 is 22.4 Å². The average Bonchev–Trinajstić information content (AvgIpc) is 3.12. The molecule has 166 valence electrons. The number of methoxy groups -OCH3 is 1. The maximum absolute atomic E-state index is 13.4. The normalized spacial score (nSPS) is 18.4. The Balaban J connectivity index is 1.36. The SMILES string of the molecule is COCc1cccc2cccc(CN3CCC4(CC3)C(=O)NCN4c3ccc(F)cc3)c12. The molecule has 2 heterocycles. The minimum absolute atomic E-state index is 0.0778. The molecule has 5 rings (SSSR count). The largest absolute Gasteiger partial charge is 0.380 e. The van der Waals surface area contributed by atoms with Gasteiger partial charge in [0.2, 0.25) is 5.91 Å². The standard InChI is InChI=1S/C26H28FN3O2/c1-32-17-21-7-3-5-19-4-2-6-20(24(19)21)16-29-14-12-26(13-15-29)25(31)28-18-30(26)23-10-8-22(27)9-11-23/h2-11H,12-18H2,1H3,(H,28,31). The molecule has 0 unspecified atom stereocenters. The van der Waals surface area contributed by atoms with E-state index in [9.17, 15) is 9.18 Å². The third kappa shape index (κ3) is 3.63.